The van der Waals surface area contributed by atoms with Gasteiger partial charge in [-0.15, -0.1) is 0 Å². The van der Waals surface area contributed by atoms with Gasteiger partial charge in [-0.25, -0.2) is 0 Å². The first kappa shape index (κ1) is 13.1. The zero-order valence-corrected chi connectivity index (χ0v) is 11.5. The van der Waals surface area contributed by atoms with Gasteiger partial charge in [-0.2, -0.15) is 0 Å². The van der Waals surface area contributed by atoms with Crippen molar-refractivity contribution < 1.29 is 9.84 Å². The molecular formula is C17H14N2O2. The average Bonchev–Trinajstić information content (AvgIpc) is 2.54. The van der Waals surface area contributed by atoms with Crippen LogP contribution in [0.2, 0.25) is 0 Å². The lowest BCUT2D eigenvalue weighted by Crippen LogP contribution is -1.87. The SMILES string of the molecule is COc1cc(C=Nc2cccc3cccnc23)ccc1O. The van der Waals surface area contributed by atoms with Gasteiger partial charge in [0.25, 0.3) is 0 Å². The Morgan fingerprint density at radius 1 is 1.14 bits per heavy atom. The maximum atomic E-state index is 9.58. The van der Waals surface area contributed by atoms with Crippen LogP contribution in [0.3, 0.4) is 0 Å². The minimum atomic E-state index is 0.112. The average molecular weight is 278 g/mol. The first-order valence-corrected chi connectivity index (χ1v) is 6.53. The Bertz CT molecular complexity index is 807. The number of fused-ring (bicyclic) bond motifs is 1. The van der Waals surface area contributed by atoms with Crippen molar-refractivity contribution in [3.8, 4) is 11.5 Å². The maximum absolute atomic E-state index is 9.58. The molecule has 4 nitrogen and oxygen atoms in total. The summed E-state index contributed by atoms with van der Waals surface area (Å²) in [5, 5.41) is 10.6. The van der Waals surface area contributed by atoms with Gasteiger partial charge < -0.3 is 9.84 Å². The van der Waals surface area contributed by atoms with Crippen molar-refractivity contribution in [3.63, 3.8) is 0 Å². The van der Waals surface area contributed by atoms with Crippen LogP contribution in [-0.4, -0.2) is 23.4 Å². The molecule has 2 aromatic carbocycles. The number of rotatable bonds is 3. The second-order valence-electron chi connectivity index (χ2n) is 4.54. The zero-order chi connectivity index (χ0) is 14.7. The van der Waals surface area contributed by atoms with E-state index in [4.69, 9.17) is 4.74 Å². The highest BCUT2D eigenvalue weighted by Crippen LogP contribution is 2.27. The number of hydrogen-bond donors (Lipinski definition) is 1. The summed E-state index contributed by atoms with van der Waals surface area (Å²) in [4.78, 5) is 8.85. The van der Waals surface area contributed by atoms with E-state index < -0.39 is 0 Å². The lowest BCUT2D eigenvalue weighted by Gasteiger charge is -2.04. The molecule has 0 amide bonds. The number of ether oxygens (including phenoxy) is 1. The number of phenolic OH excluding ortho intramolecular Hbond substituents is 1. The monoisotopic (exact) mass is 278 g/mol. The highest BCUT2D eigenvalue weighted by molar-refractivity contribution is 5.92. The Hall–Kier alpha value is -2.88. The van der Waals surface area contributed by atoms with E-state index in [0.717, 1.165) is 22.2 Å². The molecule has 0 aliphatic rings. The fraction of sp³-hybridized carbons (Fsp3) is 0.0588. The van der Waals surface area contributed by atoms with Gasteiger partial charge in [0.15, 0.2) is 11.5 Å². The second kappa shape index (κ2) is 5.63. The van der Waals surface area contributed by atoms with Crippen LogP contribution in [-0.2, 0) is 0 Å². The van der Waals surface area contributed by atoms with Crippen molar-refractivity contribution in [2.45, 2.75) is 0 Å². The quantitative estimate of drug-likeness (QED) is 0.743. The van der Waals surface area contributed by atoms with Gasteiger partial charge in [0.1, 0.15) is 0 Å². The van der Waals surface area contributed by atoms with Crippen molar-refractivity contribution in [2.24, 2.45) is 4.99 Å². The molecule has 0 aliphatic heterocycles. The second-order valence-corrected chi connectivity index (χ2v) is 4.54. The molecule has 0 bridgehead atoms. The maximum Gasteiger partial charge on any atom is 0.161 e. The number of hydrogen-bond acceptors (Lipinski definition) is 4. The molecule has 0 atom stereocenters. The lowest BCUT2D eigenvalue weighted by molar-refractivity contribution is 0.373. The molecule has 0 spiro atoms. The van der Waals surface area contributed by atoms with E-state index in [1.807, 2.05) is 30.3 Å². The van der Waals surface area contributed by atoms with E-state index in [-0.39, 0.29) is 5.75 Å². The summed E-state index contributed by atoms with van der Waals surface area (Å²) in [7, 11) is 1.52. The Kier molecular flexibility index (Phi) is 3.51. The van der Waals surface area contributed by atoms with Gasteiger partial charge in [0.05, 0.1) is 18.3 Å². The number of aromatic nitrogens is 1. The number of benzene rings is 2. The topological polar surface area (TPSA) is 54.7 Å². The fourth-order valence-corrected chi connectivity index (χ4v) is 2.11. The molecule has 0 unspecified atom stereocenters. The number of nitrogens with zero attached hydrogens (tertiary/aromatic N) is 2. The Morgan fingerprint density at radius 3 is 2.86 bits per heavy atom. The molecule has 4 heteroatoms. The van der Waals surface area contributed by atoms with Gasteiger partial charge in [0.2, 0.25) is 0 Å². The summed E-state index contributed by atoms with van der Waals surface area (Å²) in [6.45, 7) is 0. The molecule has 21 heavy (non-hydrogen) atoms. The molecule has 104 valence electrons. The molecule has 3 rings (SSSR count). The predicted octanol–water partition coefficient (Wildman–Crippen LogP) is 3.70. The molecule has 3 aromatic rings. The molecule has 0 saturated carbocycles. The molecular weight excluding hydrogens is 264 g/mol. The fourth-order valence-electron chi connectivity index (χ4n) is 2.11. The highest BCUT2D eigenvalue weighted by atomic mass is 16.5. The van der Waals surface area contributed by atoms with E-state index >= 15 is 0 Å². The van der Waals surface area contributed by atoms with Crippen molar-refractivity contribution in [1.29, 1.82) is 0 Å². The summed E-state index contributed by atoms with van der Waals surface area (Å²) in [6, 6.07) is 14.9. The summed E-state index contributed by atoms with van der Waals surface area (Å²) in [6.07, 6.45) is 3.48. The molecule has 0 aliphatic carbocycles. The van der Waals surface area contributed by atoms with E-state index in [0.29, 0.717) is 5.75 Å². The van der Waals surface area contributed by atoms with Crippen molar-refractivity contribution >= 4 is 22.8 Å². The number of pyridine rings is 1. The smallest absolute Gasteiger partial charge is 0.161 e. The lowest BCUT2D eigenvalue weighted by atomic mass is 10.2. The highest BCUT2D eigenvalue weighted by Gasteiger charge is 2.02. The van der Waals surface area contributed by atoms with Crippen molar-refractivity contribution in [3.05, 3.63) is 60.3 Å². The zero-order valence-electron chi connectivity index (χ0n) is 11.5. The van der Waals surface area contributed by atoms with Crippen molar-refractivity contribution in [1.82, 2.24) is 4.98 Å². The van der Waals surface area contributed by atoms with Crippen LogP contribution in [0.4, 0.5) is 5.69 Å². The summed E-state index contributed by atoms with van der Waals surface area (Å²) >= 11 is 0. The third kappa shape index (κ3) is 2.69. The largest absolute Gasteiger partial charge is 0.504 e. The van der Waals surface area contributed by atoms with Gasteiger partial charge in [-0.3, -0.25) is 9.98 Å². The van der Waals surface area contributed by atoms with Crippen LogP contribution in [0.5, 0.6) is 11.5 Å². The minimum Gasteiger partial charge on any atom is -0.504 e. The number of phenols is 1. The standard InChI is InChI=1S/C17H14N2O2/c1-21-16-10-12(7-8-15(16)20)11-19-14-6-2-4-13-5-3-9-18-17(13)14/h2-11,20H,1H3. The van der Waals surface area contributed by atoms with Crippen LogP contribution >= 0.6 is 0 Å². The first-order chi connectivity index (χ1) is 10.3. The van der Waals surface area contributed by atoms with E-state index in [1.54, 1.807) is 30.6 Å². The first-order valence-electron chi connectivity index (χ1n) is 6.53. The number of aromatic hydroxyl groups is 1. The third-order valence-electron chi connectivity index (χ3n) is 3.17. The molecule has 0 radical (unpaired) electrons. The Labute approximate surface area is 122 Å². The van der Waals surface area contributed by atoms with Gasteiger partial charge in [0, 0.05) is 17.8 Å². The van der Waals surface area contributed by atoms with Crippen LogP contribution in [0.15, 0.2) is 59.7 Å². The number of aliphatic imine (C=N–C) groups is 1. The van der Waals surface area contributed by atoms with E-state index in [9.17, 15) is 5.11 Å². The molecule has 1 N–H and O–H groups in total. The normalized spacial score (nSPS) is 11.1. The molecule has 0 fully saturated rings. The Morgan fingerprint density at radius 2 is 2.00 bits per heavy atom. The molecule has 0 saturated heterocycles. The van der Waals surface area contributed by atoms with Crippen LogP contribution in [0.25, 0.3) is 10.9 Å². The number of methoxy groups -OCH3 is 1. The number of para-hydroxylation sites is 1. The van der Waals surface area contributed by atoms with Crippen LogP contribution in [0, 0.1) is 0 Å². The third-order valence-corrected chi connectivity index (χ3v) is 3.17. The van der Waals surface area contributed by atoms with Crippen LogP contribution < -0.4 is 4.74 Å². The van der Waals surface area contributed by atoms with Gasteiger partial charge in [-0.1, -0.05) is 18.2 Å². The van der Waals surface area contributed by atoms with Gasteiger partial charge >= 0.3 is 0 Å². The molecule has 1 aromatic heterocycles. The minimum absolute atomic E-state index is 0.112. The van der Waals surface area contributed by atoms with Gasteiger partial charge in [-0.05, 0) is 35.9 Å². The summed E-state index contributed by atoms with van der Waals surface area (Å²) in [5.41, 5.74) is 2.51. The molecule has 1 heterocycles. The summed E-state index contributed by atoms with van der Waals surface area (Å²) in [5.74, 6) is 0.538. The summed E-state index contributed by atoms with van der Waals surface area (Å²) < 4.78 is 5.08. The predicted molar refractivity (Wildman–Crippen MR) is 83.7 cm³/mol. The van der Waals surface area contributed by atoms with E-state index in [2.05, 4.69) is 9.98 Å². The van der Waals surface area contributed by atoms with Crippen molar-refractivity contribution in [2.75, 3.05) is 7.11 Å². The van der Waals surface area contributed by atoms with E-state index in [1.165, 1.54) is 7.11 Å². The Balaban J connectivity index is 1.98. The van der Waals surface area contributed by atoms with Crippen LogP contribution in [0.1, 0.15) is 5.56 Å².